The van der Waals surface area contributed by atoms with Crippen LogP contribution in [0.4, 0.5) is 4.39 Å². The topological polar surface area (TPSA) is 92.5 Å². The summed E-state index contributed by atoms with van der Waals surface area (Å²) in [5.74, 6) is -0.802. The minimum absolute atomic E-state index is 0.120. The van der Waals surface area contributed by atoms with Gasteiger partial charge in [0.1, 0.15) is 10.7 Å². The van der Waals surface area contributed by atoms with Gasteiger partial charge in [0.15, 0.2) is 0 Å². The number of nitrogens with zero attached hydrogens (tertiary/aromatic N) is 1. The van der Waals surface area contributed by atoms with E-state index in [1.807, 2.05) is 0 Å². The predicted octanol–water partition coefficient (Wildman–Crippen LogP) is 1.49. The third kappa shape index (κ3) is 4.44. The first kappa shape index (κ1) is 19.1. The van der Waals surface area contributed by atoms with Gasteiger partial charge < -0.3 is 11.1 Å². The molecule has 2 rings (SSSR count). The number of nitrogens with two attached hydrogens (primary N) is 1. The monoisotopic (exact) mass is 377 g/mol. The fourth-order valence-electron chi connectivity index (χ4n) is 2.76. The zero-order chi connectivity index (χ0) is 17.7. The second-order valence-electron chi connectivity index (χ2n) is 5.68. The van der Waals surface area contributed by atoms with Crippen LogP contribution in [-0.4, -0.2) is 44.3 Å². The largest absolute Gasteiger partial charge is 0.354 e. The average molecular weight is 378 g/mol. The van der Waals surface area contributed by atoms with Crippen LogP contribution in [-0.2, 0) is 14.8 Å². The first-order valence-corrected chi connectivity index (χ1v) is 9.61. The minimum Gasteiger partial charge on any atom is -0.354 e. The molecule has 0 aromatic heterocycles. The fourth-order valence-corrected chi connectivity index (χ4v) is 4.96. The quantitative estimate of drug-likeness (QED) is 0.785. The van der Waals surface area contributed by atoms with E-state index < -0.39 is 15.8 Å². The van der Waals surface area contributed by atoms with Crippen LogP contribution in [0.15, 0.2) is 23.1 Å². The Hall–Kier alpha value is -1.22. The molecule has 1 heterocycles. The van der Waals surface area contributed by atoms with Gasteiger partial charge in [0, 0.05) is 32.1 Å². The molecule has 134 valence electrons. The van der Waals surface area contributed by atoms with Crippen LogP contribution in [0.25, 0.3) is 0 Å². The van der Waals surface area contributed by atoms with Crippen molar-refractivity contribution in [1.82, 2.24) is 9.62 Å². The Bertz CT molecular complexity index is 699. The van der Waals surface area contributed by atoms with Crippen molar-refractivity contribution in [3.8, 4) is 0 Å². The Labute approximate surface area is 146 Å². The maximum absolute atomic E-state index is 13.2. The molecule has 1 aliphatic heterocycles. The third-order valence-electron chi connectivity index (χ3n) is 3.96. The van der Waals surface area contributed by atoms with E-state index >= 15 is 0 Å². The van der Waals surface area contributed by atoms with E-state index in [-0.39, 0.29) is 41.4 Å². The van der Waals surface area contributed by atoms with Crippen molar-refractivity contribution in [3.05, 3.63) is 29.0 Å². The van der Waals surface area contributed by atoms with Gasteiger partial charge in [0.05, 0.1) is 5.02 Å². The lowest BCUT2D eigenvalue weighted by atomic mass is 10.1. The van der Waals surface area contributed by atoms with Gasteiger partial charge in [-0.25, -0.2) is 12.8 Å². The Balaban J connectivity index is 2.20. The number of carbonyl (C=O) groups excluding carboxylic acids is 1. The molecule has 1 amide bonds. The van der Waals surface area contributed by atoms with E-state index in [4.69, 9.17) is 17.3 Å². The van der Waals surface area contributed by atoms with Crippen LogP contribution in [0.5, 0.6) is 0 Å². The average Bonchev–Trinajstić information content (AvgIpc) is 2.53. The lowest BCUT2D eigenvalue weighted by Gasteiger charge is -2.35. The summed E-state index contributed by atoms with van der Waals surface area (Å²) >= 11 is 5.92. The molecular formula is C15H21ClFN3O3S. The van der Waals surface area contributed by atoms with Gasteiger partial charge in [-0.3, -0.25) is 4.79 Å². The highest BCUT2D eigenvalue weighted by molar-refractivity contribution is 7.89. The van der Waals surface area contributed by atoms with E-state index in [1.165, 1.54) is 10.4 Å². The molecule has 1 fully saturated rings. The van der Waals surface area contributed by atoms with E-state index in [2.05, 4.69) is 5.32 Å². The number of rotatable bonds is 6. The van der Waals surface area contributed by atoms with Gasteiger partial charge in [-0.1, -0.05) is 18.0 Å². The summed E-state index contributed by atoms with van der Waals surface area (Å²) in [4.78, 5) is 11.5. The molecule has 1 saturated heterocycles. The Morgan fingerprint density at radius 1 is 1.42 bits per heavy atom. The number of piperidine rings is 1. The summed E-state index contributed by atoms with van der Waals surface area (Å²) in [5.41, 5.74) is 5.33. The highest BCUT2D eigenvalue weighted by atomic mass is 35.5. The zero-order valence-corrected chi connectivity index (χ0v) is 14.7. The standard InChI is InChI=1S/C15H21ClFN3O3S/c16-13-9-11(17)4-5-14(13)24(22,23)20-8-2-1-3-12(20)10-19-15(21)6-7-18/h4-5,9,12H,1-3,6-8,10,18H2,(H,19,21). The van der Waals surface area contributed by atoms with Crippen molar-refractivity contribution in [2.45, 2.75) is 36.6 Å². The number of amides is 1. The molecule has 1 aromatic carbocycles. The van der Waals surface area contributed by atoms with E-state index in [0.717, 1.165) is 25.0 Å². The number of hydrogen-bond donors (Lipinski definition) is 2. The van der Waals surface area contributed by atoms with Gasteiger partial charge in [-0.15, -0.1) is 0 Å². The molecule has 0 spiro atoms. The number of sulfonamides is 1. The highest BCUT2D eigenvalue weighted by Crippen LogP contribution is 2.29. The van der Waals surface area contributed by atoms with Gasteiger partial charge in [-0.05, 0) is 31.0 Å². The second kappa shape index (κ2) is 8.24. The smallest absolute Gasteiger partial charge is 0.244 e. The van der Waals surface area contributed by atoms with Crippen LogP contribution < -0.4 is 11.1 Å². The number of benzene rings is 1. The van der Waals surface area contributed by atoms with E-state index in [9.17, 15) is 17.6 Å². The van der Waals surface area contributed by atoms with Crippen molar-refractivity contribution in [2.24, 2.45) is 5.73 Å². The lowest BCUT2D eigenvalue weighted by molar-refractivity contribution is -0.121. The van der Waals surface area contributed by atoms with Crippen molar-refractivity contribution in [3.63, 3.8) is 0 Å². The van der Waals surface area contributed by atoms with Crippen LogP contribution >= 0.6 is 11.6 Å². The molecule has 6 nitrogen and oxygen atoms in total. The Morgan fingerprint density at radius 2 is 2.17 bits per heavy atom. The normalized spacial score (nSPS) is 19.2. The van der Waals surface area contributed by atoms with Crippen LogP contribution in [0, 0.1) is 5.82 Å². The molecule has 1 aliphatic rings. The summed E-state index contributed by atoms with van der Waals surface area (Å²) in [6.07, 6.45) is 2.44. The molecule has 9 heteroatoms. The number of carbonyl (C=O) groups is 1. The van der Waals surface area contributed by atoms with E-state index in [1.54, 1.807) is 0 Å². The molecule has 1 unspecified atom stereocenters. The first-order valence-electron chi connectivity index (χ1n) is 7.80. The Morgan fingerprint density at radius 3 is 2.83 bits per heavy atom. The molecule has 0 bridgehead atoms. The Kier molecular flexibility index (Phi) is 6.56. The van der Waals surface area contributed by atoms with Gasteiger partial charge in [-0.2, -0.15) is 4.31 Å². The lowest BCUT2D eigenvalue weighted by Crippen LogP contribution is -2.49. The van der Waals surface area contributed by atoms with Crippen molar-refractivity contribution < 1.29 is 17.6 Å². The van der Waals surface area contributed by atoms with Crippen LogP contribution in [0.3, 0.4) is 0 Å². The molecule has 1 atom stereocenters. The zero-order valence-electron chi connectivity index (χ0n) is 13.2. The molecule has 24 heavy (non-hydrogen) atoms. The maximum atomic E-state index is 13.2. The van der Waals surface area contributed by atoms with Crippen molar-refractivity contribution >= 4 is 27.5 Å². The van der Waals surface area contributed by atoms with Gasteiger partial charge in [0.2, 0.25) is 15.9 Å². The van der Waals surface area contributed by atoms with Crippen molar-refractivity contribution in [1.29, 1.82) is 0 Å². The SMILES string of the molecule is NCCC(=O)NCC1CCCCN1S(=O)(=O)c1ccc(F)cc1Cl. The molecule has 0 saturated carbocycles. The predicted molar refractivity (Wildman–Crippen MR) is 89.6 cm³/mol. The summed E-state index contributed by atoms with van der Waals surface area (Å²) in [6.45, 7) is 0.800. The number of nitrogens with one attached hydrogen (secondary N) is 1. The summed E-state index contributed by atoms with van der Waals surface area (Å²) in [7, 11) is -3.86. The second-order valence-corrected chi connectivity index (χ2v) is 7.95. The molecule has 0 radical (unpaired) electrons. The third-order valence-corrected chi connectivity index (χ3v) is 6.39. The fraction of sp³-hybridized carbons (Fsp3) is 0.533. The number of halogens is 2. The first-order chi connectivity index (χ1) is 11.4. The molecule has 0 aliphatic carbocycles. The van der Waals surface area contributed by atoms with E-state index in [0.29, 0.717) is 13.0 Å². The van der Waals surface area contributed by atoms with Gasteiger partial charge in [0.25, 0.3) is 0 Å². The van der Waals surface area contributed by atoms with Crippen LogP contribution in [0.2, 0.25) is 5.02 Å². The molecule has 3 N–H and O–H groups in total. The van der Waals surface area contributed by atoms with Crippen molar-refractivity contribution in [2.75, 3.05) is 19.6 Å². The summed E-state index contributed by atoms with van der Waals surface area (Å²) in [6, 6.07) is 2.87. The highest BCUT2D eigenvalue weighted by Gasteiger charge is 2.34. The summed E-state index contributed by atoms with van der Waals surface area (Å²) in [5, 5.41) is 2.57. The maximum Gasteiger partial charge on any atom is 0.244 e. The molecular weight excluding hydrogens is 357 g/mol. The molecule has 1 aromatic rings. The minimum atomic E-state index is -3.86. The van der Waals surface area contributed by atoms with Crippen LogP contribution in [0.1, 0.15) is 25.7 Å². The number of hydrogen-bond acceptors (Lipinski definition) is 4. The summed E-state index contributed by atoms with van der Waals surface area (Å²) < 4.78 is 40.3. The van der Waals surface area contributed by atoms with Gasteiger partial charge >= 0.3 is 0 Å².